The monoisotopic (exact) mass is 704 g/mol. The summed E-state index contributed by atoms with van der Waals surface area (Å²) < 4.78 is 18.7. The molecule has 5 rings (SSSR count). The zero-order valence-corrected chi connectivity index (χ0v) is 28.0. The standard InChI is InChI=1S/C33H48N6O11/c1-2-3-4-5-6-8-18-10-12-19(13-11-18)36-21(40)9-7-15-39-23(30(35)45)27(49-32-29(50-39)24(42)20(17-34)47-32)28-25(43)26(44)31(48-28)38-16-14-22(41)37-33(38)46/h10-14,16,20,23-29,31-32,42-44H,2-9,15,17,34H2,1H3,(H2,35,45)(H,36,40)(H,37,41,46)/t20-,23+,24-,25?,26?,27+,28+,29-,31-,32?/m1/s1. The zero-order valence-electron chi connectivity index (χ0n) is 28.0. The van der Waals surface area contributed by atoms with E-state index < -0.39 is 78.4 Å². The number of aliphatic hydroxyl groups excluding tert-OH is 3. The minimum atomic E-state index is -1.72. The number of unbranched alkanes of at least 4 members (excludes halogenated alkanes) is 4. The molecule has 3 saturated heterocycles. The van der Waals surface area contributed by atoms with Gasteiger partial charge in [-0.1, -0.05) is 44.7 Å². The van der Waals surface area contributed by atoms with Gasteiger partial charge >= 0.3 is 5.69 Å². The van der Waals surface area contributed by atoms with E-state index in [0.29, 0.717) is 5.69 Å². The van der Waals surface area contributed by atoms with Gasteiger partial charge in [-0.05, 0) is 37.0 Å². The SMILES string of the molecule is CCCCCCCc1ccc(NC(=O)CCCN2O[C@H]3C(O[C@H]([C@H]4O[C@@H](n5ccc(=O)[nH]c5=O)C(O)C4O)[C@H]2C(N)=O)O[C@H](CN)[C@H]3O)cc1. The number of aryl methyl sites for hydroxylation is 1. The Morgan fingerprint density at radius 1 is 0.900 bits per heavy atom. The first-order valence-corrected chi connectivity index (χ1v) is 17.2. The lowest BCUT2D eigenvalue weighted by atomic mass is 9.98. The second kappa shape index (κ2) is 17.1. The lowest BCUT2D eigenvalue weighted by molar-refractivity contribution is -0.238. The molecule has 1 aromatic carbocycles. The Hall–Kier alpha value is -3.52. The van der Waals surface area contributed by atoms with E-state index in [1.54, 1.807) is 0 Å². The number of hydrogen-bond acceptors (Lipinski definition) is 13. The first-order chi connectivity index (χ1) is 24.0. The molecule has 3 fully saturated rings. The van der Waals surface area contributed by atoms with E-state index in [0.717, 1.165) is 34.7 Å². The maximum absolute atomic E-state index is 13.0. The number of aromatic amines is 1. The lowest BCUT2D eigenvalue weighted by Crippen LogP contribution is -2.58. The molecule has 4 heterocycles. The Labute approximate surface area is 288 Å². The van der Waals surface area contributed by atoms with E-state index in [4.69, 9.17) is 30.5 Å². The number of fused-ring (bicyclic) bond motifs is 1. The van der Waals surface area contributed by atoms with Crippen molar-refractivity contribution in [3.05, 3.63) is 62.9 Å². The normalized spacial score (nSPS) is 31.3. The number of carbonyl (C=O) groups excluding carboxylic acids is 2. The number of nitrogens with two attached hydrogens (primary N) is 2. The average Bonchev–Trinajstić information content (AvgIpc) is 3.47. The molecule has 3 aliphatic heterocycles. The predicted molar refractivity (Wildman–Crippen MR) is 177 cm³/mol. The van der Waals surface area contributed by atoms with Crippen LogP contribution < -0.4 is 28.0 Å². The largest absolute Gasteiger partial charge is 0.387 e. The van der Waals surface area contributed by atoms with Gasteiger partial charge < -0.3 is 46.3 Å². The van der Waals surface area contributed by atoms with E-state index in [-0.39, 0.29) is 31.8 Å². The van der Waals surface area contributed by atoms with Crippen LogP contribution in [0, 0.1) is 0 Å². The molecule has 17 heteroatoms. The van der Waals surface area contributed by atoms with Crippen LogP contribution in [-0.4, -0.2) is 110 Å². The smallest absolute Gasteiger partial charge is 0.330 e. The number of ether oxygens (including phenoxy) is 3. The molecule has 10 atom stereocenters. The third-order valence-electron chi connectivity index (χ3n) is 9.30. The van der Waals surface area contributed by atoms with Gasteiger partial charge in [0.1, 0.15) is 42.7 Å². The van der Waals surface area contributed by atoms with Crippen LogP contribution in [0.5, 0.6) is 0 Å². The number of nitrogens with zero attached hydrogens (tertiary/aromatic N) is 2. The van der Waals surface area contributed by atoms with Gasteiger partial charge in [0.2, 0.25) is 11.8 Å². The molecular weight excluding hydrogens is 656 g/mol. The van der Waals surface area contributed by atoms with E-state index in [1.807, 2.05) is 24.3 Å². The van der Waals surface area contributed by atoms with Crippen molar-refractivity contribution in [3.8, 4) is 0 Å². The maximum Gasteiger partial charge on any atom is 0.330 e. The number of hydroxylamine groups is 2. The van der Waals surface area contributed by atoms with E-state index in [9.17, 15) is 34.5 Å². The average molecular weight is 705 g/mol. The summed E-state index contributed by atoms with van der Waals surface area (Å²) in [4.78, 5) is 58.1. The van der Waals surface area contributed by atoms with Crippen molar-refractivity contribution in [1.29, 1.82) is 0 Å². The molecule has 0 saturated carbocycles. The molecule has 2 aromatic rings. The third-order valence-corrected chi connectivity index (χ3v) is 9.30. The summed E-state index contributed by atoms with van der Waals surface area (Å²) in [5, 5.41) is 37.0. The fraction of sp³-hybridized carbons (Fsp3) is 0.636. The van der Waals surface area contributed by atoms with Crippen molar-refractivity contribution < 1.29 is 44.0 Å². The topological polar surface area (TPSA) is 254 Å². The number of benzene rings is 1. The van der Waals surface area contributed by atoms with E-state index in [2.05, 4.69) is 17.2 Å². The highest BCUT2D eigenvalue weighted by Crippen LogP contribution is 2.38. The molecular formula is C33H48N6O11. The highest BCUT2D eigenvalue weighted by molar-refractivity contribution is 5.90. The summed E-state index contributed by atoms with van der Waals surface area (Å²) in [5.41, 5.74) is 11.9. The minimum Gasteiger partial charge on any atom is -0.387 e. The van der Waals surface area contributed by atoms with Crippen LogP contribution in [0.1, 0.15) is 63.7 Å². The van der Waals surface area contributed by atoms with E-state index >= 15 is 0 Å². The first kappa shape index (κ1) is 37.7. The van der Waals surface area contributed by atoms with Gasteiger partial charge in [-0.25, -0.2) is 4.79 Å². The molecule has 0 bridgehead atoms. The van der Waals surface area contributed by atoms with Gasteiger partial charge in [-0.15, -0.1) is 0 Å². The number of anilines is 1. The number of primary amides is 1. The molecule has 0 spiro atoms. The molecule has 3 aliphatic rings. The number of rotatable bonds is 15. The van der Waals surface area contributed by atoms with Crippen LogP contribution in [0.3, 0.4) is 0 Å². The zero-order chi connectivity index (χ0) is 35.9. The first-order valence-electron chi connectivity index (χ1n) is 17.2. The Bertz CT molecular complexity index is 1550. The van der Waals surface area contributed by atoms with Gasteiger partial charge in [-0.2, -0.15) is 5.06 Å². The molecule has 50 heavy (non-hydrogen) atoms. The predicted octanol–water partition coefficient (Wildman–Crippen LogP) is -1.01. The summed E-state index contributed by atoms with van der Waals surface area (Å²) in [6, 6.07) is 7.25. The molecule has 1 aromatic heterocycles. The number of nitrogens with one attached hydrogen (secondary N) is 2. The summed E-state index contributed by atoms with van der Waals surface area (Å²) in [6.45, 7) is 2.03. The van der Waals surface area contributed by atoms with Crippen LogP contribution in [0.2, 0.25) is 0 Å². The highest BCUT2D eigenvalue weighted by atomic mass is 16.8. The molecule has 3 unspecified atom stereocenters. The molecule has 0 aliphatic carbocycles. The van der Waals surface area contributed by atoms with Crippen molar-refractivity contribution in [2.45, 2.75) is 120 Å². The molecule has 9 N–H and O–H groups in total. The maximum atomic E-state index is 13.0. The summed E-state index contributed by atoms with van der Waals surface area (Å²) in [7, 11) is 0. The summed E-state index contributed by atoms with van der Waals surface area (Å²) in [6.07, 6.45) is -4.33. The van der Waals surface area contributed by atoms with Crippen LogP contribution in [0.15, 0.2) is 46.1 Å². The number of H-pyrrole nitrogens is 1. The Morgan fingerprint density at radius 2 is 1.64 bits per heavy atom. The van der Waals surface area contributed by atoms with Crippen molar-refractivity contribution in [2.75, 3.05) is 18.4 Å². The minimum absolute atomic E-state index is 0.0209. The number of hydrogen-bond donors (Lipinski definition) is 7. The van der Waals surface area contributed by atoms with Crippen molar-refractivity contribution in [2.24, 2.45) is 11.5 Å². The van der Waals surface area contributed by atoms with Crippen molar-refractivity contribution >= 4 is 17.5 Å². The van der Waals surface area contributed by atoms with Gasteiger partial charge in [0.25, 0.3) is 5.56 Å². The Balaban J connectivity index is 1.28. The number of aromatic nitrogens is 2. The van der Waals surface area contributed by atoms with Crippen molar-refractivity contribution in [1.82, 2.24) is 14.6 Å². The Kier molecular flexibility index (Phi) is 12.9. The van der Waals surface area contributed by atoms with Crippen LogP contribution >= 0.6 is 0 Å². The second-order valence-electron chi connectivity index (χ2n) is 12.9. The van der Waals surface area contributed by atoms with Crippen LogP contribution in [-0.2, 0) is 35.1 Å². The van der Waals surface area contributed by atoms with E-state index in [1.165, 1.54) is 31.2 Å². The number of amides is 2. The summed E-state index contributed by atoms with van der Waals surface area (Å²) in [5.74, 6) is -1.25. The van der Waals surface area contributed by atoms with Gasteiger partial charge in [0, 0.05) is 37.5 Å². The third kappa shape index (κ3) is 8.67. The molecule has 2 amide bonds. The van der Waals surface area contributed by atoms with Gasteiger partial charge in [-0.3, -0.25) is 28.8 Å². The number of aliphatic hydroxyl groups is 3. The number of carbonyl (C=O) groups is 2. The lowest BCUT2D eigenvalue weighted by Gasteiger charge is -2.35. The highest BCUT2D eigenvalue weighted by Gasteiger charge is 2.58. The molecule has 276 valence electrons. The van der Waals surface area contributed by atoms with Crippen LogP contribution in [0.25, 0.3) is 0 Å². The van der Waals surface area contributed by atoms with Gasteiger partial charge in [0.15, 0.2) is 18.6 Å². The second-order valence-corrected chi connectivity index (χ2v) is 12.9. The fourth-order valence-corrected chi connectivity index (χ4v) is 6.61. The van der Waals surface area contributed by atoms with Gasteiger partial charge in [0.05, 0.1) is 0 Å². The Morgan fingerprint density at radius 3 is 2.32 bits per heavy atom. The van der Waals surface area contributed by atoms with Crippen molar-refractivity contribution in [3.63, 3.8) is 0 Å². The molecule has 0 radical (unpaired) electrons. The quantitative estimate of drug-likeness (QED) is 0.110. The van der Waals surface area contributed by atoms with Crippen LogP contribution in [0.4, 0.5) is 5.69 Å². The molecule has 17 nitrogen and oxygen atoms in total. The fourth-order valence-electron chi connectivity index (χ4n) is 6.61. The summed E-state index contributed by atoms with van der Waals surface area (Å²) >= 11 is 0.